The summed E-state index contributed by atoms with van der Waals surface area (Å²) < 4.78 is 16.0. The average molecular weight is 402 g/mol. The summed E-state index contributed by atoms with van der Waals surface area (Å²) in [6, 6.07) is 10.8. The Morgan fingerprint density at radius 2 is 1.55 bits per heavy atom. The van der Waals surface area contributed by atoms with Gasteiger partial charge in [-0.2, -0.15) is 0 Å². The third kappa shape index (κ3) is 4.55. The highest BCUT2D eigenvalue weighted by Gasteiger charge is 2.48. The van der Waals surface area contributed by atoms with Crippen molar-refractivity contribution >= 4 is 11.9 Å². The number of rotatable bonds is 5. The number of aliphatic hydroxyl groups excluding tert-OH is 2. The Morgan fingerprint density at radius 3 is 2.17 bits per heavy atom. The van der Waals surface area contributed by atoms with E-state index in [1.807, 2.05) is 30.3 Å². The van der Waals surface area contributed by atoms with E-state index in [0.29, 0.717) is 18.6 Å². The fourth-order valence-electron chi connectivity index (χ4n) is 3.39. The van der Waals surface area contributed by atoms with Crippen LogP contribution in [0.4, 0.5) is 0 Å². The van der Waals surface area contributed by atoms with Crippen LogP contribution < -0.4 is 5.43 Å². The molecule has 0 radical (unpaired) electrons. The van der Waals surface area contributed by atoms with Gasteiger partial charge in [0.1, 0.15) is 18.0 Å². The van der Waals surface area contributed by atoms with Crippen LogP contribution in [-0.2, 0) is 31.9 Å². The Labute approximate surface area is 166 Å². The number of fused-ring (bicyclic) bond motifs is 1. The normalized spacial score (nSPS) is 23.2. The van der Waals surface area contributed by atoms with Crippen LogP contribution in [0.1, 0.15) is 48.7 Å². The van der Waals surface area contributed by atoms with E-state index < -0.39 is 41.8 Å². The van der Waals surface area contributed by atoms with Crippen LogP contribution in [0.2, 0.25) is 0 Å². The van der Waals surface area contributed by atoms with Crippen LogP contribution in [0.25, 0.3) is 0 Å². The first-order valence-corrected chi connectivity index (χ1v) is 9.19. The molecule has 1 aliphatic rings. The highest BCUT2D eigenvalue weighted by atomic mass is 16.6. The Bertz CT molecular complexity index is 949. The van der Waals surface area contributed by atoms with Gasteiger partial charge in [0, 0.05) is 26.3 Å². The zero-order valence-corrected chi connectivity index (χ0v) is 16.0. The lowest BCUT2D eigenvalue weighted by Gasteiger charge is -2.36. The van der Waals surface area contributed by atoms with Crippen molar-refractivity contribution in [3.63, 3.8) is 0 Å². The average Bonchev–Trinajstić information content (AvgIpc) is 2.67. The van der Waals surface area contributed by atoms with Crippen molar-refractivity contribution in [3.8, 4) is 0 Å². The van der Waals surface area contributed by atoms with E-state index in [9.17, 15) is 24.6 Å². The van der Waals surface area contributed by atoms with E-state index in [1.54, 1.807) is 0 Å². The zero-order chi connectivity index (χ0) is 21.1. The van der Waals surface area contributed by atoms with Crippen molar-refractivity contribution in [1.29, 1.82) is 0 Å². The second-order valence-electron chi connectivity index (χ2n) is 6.88. The third-order valence-corrected chi connectivity index (χ3v) is 4.67. The predicted molar refractivity (Wildman–Crippen MR) is 99.9 cm³/mol. The number of aliphatic hydroxyl groups is 2. The number of esters is 2. The van der Waals surface area contributed by atoms with Crippen LogP contribution >= 0.6 is 0 Å². The molecular formula is C21H22O8. The van der Waals surface area contributed by atoms with E-state index in [1.165, 1.54) is 6.07 Å². The topological polar surface area (TPSA) is 123 Å². The molecule has 4 atom stereocenters. The Kier molecular flexibility index (Phi) is 6.14. The van der Waals surface area contributed by atoms with Gasteiger partial charge in [-0.3, -0.25) is 14.4 Å². The maximum absolute atomic E-state index is 12.8. The minimum atomic E-state index is -1.66. The van der Waals surface area contributed by atoms with Crippen molar-refractivity contribution in [2.24, 2.45) is 0 Å². The monoisotopic (exact) mass is 402 g/mol. The van der Waals surface area contributed by atoms with Gasteiger partial charge < -0.3 is 24.1 Å². The summed E-state index contributed by atoms with van der Waals surface area (Å²) in [4.78, 5) is 35.7. The molecule has 3 rings (SSSR count). The molecule has 1 heterocycles. The van der Waals surface area contributed by atoms with Crippen molar-refractivity contribution < 1.29 is 33.7 Å². The summed E-state index contributed by atoms with van der Waals surface area (Å²) in [6.07, 6.45) is -5.13. The van der Waals surface area contributed by atoms with E-state index in [2.05, 4.69) is 0 Å². The van der Waals surface area contributed by atoms with Gasteiger partial charge in [0.05, 0.1) is 5.56 Å². The number of benzene rings is 1. The maximum Gasteiger partial charge on any atom is 0.303 e. The molecule has 0 fully saturated rings. The smallest absolute Gasteiger partial charge is 0.303 e. The molecule has 0 saturated carbocycles. The molecule has 0 saturated heterocycles. The lowest BCUT2D eigenvalue weighted by molar-refractivity contribution is -0.183. The largest absolute Gasteiger partial charge is 0.461 e. The molecule has 1 aromatic heterocycles. The molecule has 0 bridgehead atoms. The van der Waals surface area contributed by atoms with Crippen LogP contribution in [0.5, 0.6) is 0 Å². The second kappa shape index (κ2) is 8.59. The molecule has 0 unspecified atom stereocenters. The van der Waals surface area contributed by atoms with Crippen LogP contribution in [-0.4, -0.2) is 34.4 Å². The van der Waals surface area contributed by atoms with Crippen molar-refractivity contribution in [2.45, 2.75) is 51.1 Å². The number of carbonyl (C=O) groups excluding carboxylic acids is 2. The van der Waals surface area contributed by atoms with Gasteiger partial charge in [-0.1, -0.05) is 30.3 Å². The highest BCUT2D eigenvalue weighted by molar-refractivity contribution is 5.67. The fourth-order valence-corrected chi connectivity index (χ4v) is 3.39. The standard InChI is InChI=1S/C21H22O8/c1-11(22)27-19-16-15(24)10-14(9-8-13-6-4-3-5-7-13)29-20(16)21(28-12(2)23)18(26)17(19)25/h3-7,10,17-19,21,25-26H,8-9H2,1-2H3/t17-,18-,19-,21+/m0/s1. The highest BCUT2D eigenvalue weighted by Crippen LogP contribution is 2.39. The van der Waals surface area contributed by atoms with Gasteiger partial charge in [-0.15, -0.1) is 0 Å². The van der Waals surface area contributed by atoms with E-state index in [-0.39, 0.29) is 11.3 Å². The van der Waals surface area contributed by atoms with Gasteiger partial charge in [-0.25, -0.2) is 0 Å². The quantitative estimate of drug-likeness (QED) is 0.719. The molecule has 1 aliphatic carbocycles. The summed E-state index contributed by atoms with van der Waals surface area (Å²) >= 11 is 0. The molecule has 29 heavy (non-hydrogen) atoms. The van der Waals surface area contributed by atoms with Gasteiger partial charge >= 0.3 is 11.9 Å². The lowest BCUT2D eigenvalue weighted by atomic mass is 9.86. The zero-order valence-electron chi connectivity index (χ0n) is 16.0. The van der Waals surface area contributed by atoms with Crippen molar-refractivity contribution in [2.75, 3.05) is 0 Å². The first kappa shape index (κ1) is 20.8. The van der Waals surface area contributed by atoms with Crippen molar-refractivity contribution in [1.82, 2.24) is 0 Å². The maximum atomic E-state index is 12.8. The SMILES string of the molecule is CC(=O)O[C@H]1c2oc(CCc3ccccc3)cc(=O)c2[C@H](OC(C)=O)[C@@H](O)[C@@H]1O. The molecule has 2 aromatic rings. The van der Waals surface area contributed by atoms with Gasteiger partial charge in [0.25, 0.3) is 0 Å². The number of aryl methyl sites for hydroxylation is 2. The first-order chi connectivity index (χ1) is 13.8. The molecule has 8 nitrogen and oxygen atoms in total. The fraction of sp³-hybridized carbons (Fsp3) is 0.381. The molecule has 0 amide bonds. The number of hydrogen-bond donors (Lipinski definition) is 2. The summed E-state index contributed by atoms with van der Waals surface area (Å²) in [5, 5.41) is 20.8. The summed E-state index contributed by atoms with van der Waals surface area (Å²) in [7, 11) is 0. The minimum absolute atomic E-state index is 0.125. The molecule has 0 aliphatic heterocycles. The number of hydrogen-bond acceptors (Lipinski definition) is 8. The van der Waals surface area contributed by atoms with E-state index in [0.717, 1.165) is 19.4 Å². The molecule has 154 valence electrons. The summed E-state index contributed by atoms with van der Waals surface area (Å²) in [5.41, 5.74) is 0.356. The summed E-state index contributed by atoms with van der Waals surface area (Å²) in [5.74, 6) is -1.28. The molecular weight excluding hydrogens is 380 g/mol. The molecule has 1 aromatic carbocycles. The van der Waals surface area contributed by atoms with Gasteiger partial charge in [0.2, 0.25) is 0 Å². The van der Waals surface area contributed by atoms with Crippen LogP contribution in [0.3, 0.4) is 0 Å². The molecule has 0 spiro atoms. The van der Waals surface area contributed by atoms with Crippen LogP contribution in [0, 0.1) is 0 Å². The molecule has 2 N–H and O–H groups in total. The van der Waals surface area contributed by atoms with Gasteiger partial charge in [0.15, 0.2) is 23.4 Å². The van der Waals surface area contributed by atoms with Gasteiger partial charge in [-0.05, 0) is 12.0 Å². The predicted octanol–water partition coefficient (Wildman–Crippen LogP) is 1.37. The number of carbonyl (C=O) groups is 2. The third-order valence-electron chi connectivity index (χ3n) is 4.67. The Hall–Kier alpha value is -2.97. The lowest BCUT2D eigenvalue weighted by Crippen LogP contribution is -2.46. The molecule has 8 heteroatoms. The van der Waals surface area contributed by atoms with Crippen molar-refractivity contribution in [3.05, 3.63) is 69.3 Å². The minimum Gasteiger partial charge on any atom is -0.461 e. The Morgan fingerprint density at radius 1 is 0.966 bits per heavy atom. The second-order valence-corrected chi connectivity index (χ2v) is 6.88. The van der Waals surface area contributed by atoms with E-state index >= 15 is 0 Å². The summed E-state index contributed by atoms with van der Waals surface area (Å²) in [6.45, 7) is 2.25. The van der Waals surface area contributed by atoms with E-state index in [4.69, 9.17) is 13.9 Å². The Balaban J connectivity index is 2.02. The number of ether oxygens (including phenoxy) is 2. The first-order valence-electron chi connectivity index (χ1n) is 9.19. The van der Waals surface area contributed by atoms with Crippen LogP contribution in [0.15, 0.2) is 45.6 Å².